The molecule has 0 saturated carbocycles. The minimum Gasteiger partial charge on any atom is -0.481 e. The quantitative estimate of drug-likeness (QED) is 0.785. The van der Waals surface area contributed by atoms with Crippen LogP contribution in [0.4, 0.5) is 10.5 Å². The van der Waals surface area contributed by atoms with E-state index in [1.807, 2.05) is 0 Å². The summed E-state index contributed by atoms with van der Waals surface area (Å²) in [5.74, 6) is -1.68. The molecule has 7 heteroatoms. The summed E-state index contributed by atoms with van der Waals surface area (Å²) in [4.78, 5) is 36.3. The zero-order valence-corrected chi connectivity index (χ0v) is 12.3. The first-order valence-corrected chi connectivity index (χ1v) is 7.10. The fourth-order valence-electron chi connectivity index (χ4n) is 2.80. The lowest BCUT2D eigenvalue weighted by Crippen LogP contribution is -2.49. The first kappa shape index (κ1) is 15.8. The van der Waals surface area contributed by atoms with Gasteiger partial charge in [0.2, 0.25) is 0 Å². The molecule has 4 N–H and O–H groups in total. The number of nitrogens with two attached hydrogens (primary N) is 1. The number of hydrogen-bond acceptors (Lipinski definition) is 3. The second-order valence-electron chi connectivity index (χ2n) is 5.40. The van der Waals surface area contributed by atoms with E-state index in [4.69, 9.17) is 5.73 Å². The average Bonchev–Trinajstić information content (AvgIpc) is 2.46. The van der Waals surface area contributed by atoms with Gasteiger partial charge in [-0.15, -0.1) is 0 Å². The van der Waals surface area contributed by atoms with Crippen molar-refractivity contribution in [2.45, 2.75) is 25.8 Å². The lowest BCUT2D eigenvalue weighted by atomic mass is 9.90. The van der Waals surface area contributed by atoms with Gasteiger partial charge < -0.3 is 21.1 Å². The molecule has 2 rings (SSSR count). The number of hydrogen-bond donors (Lipinski definition) is 3. The van der Waals surface area contributed by atoms with E-state index in [1.165, 1.54) is 6.07 Å². The van der Waals surface area contributed by atoms with Gasteiger partial charge in [-0.25, -0.2) is 4.79 Å². The molecule has 2 atom stereocenters. The van der Waals surface area contributed by atoms with Gasteiger partial charge in [0, 0.05) is 23.8 Å². The Morgan fingerprint density at radius 3 is 2.73 bits per heavy atom. The molecule has 0 radical (unpaired) electrons. The van der Waals surface area contributed by atoms with E-state index in [0.29, 0.717) is 30.6 Å². The van der Waals surface area contributed by atoms with Gasteiger partial charge in [-0.1, -0.05) is 6.07 Å². The van der Waals surface area contributed by atoms with Gasteiger partial charge in [0.1, 0.15) is 0 Å². The van der Waals surface area contributed by atoms with Crippen molar-refractivity contribution in [3.8, 4) is 0 Å². The predicted octanol–water partition coefficient (Wildman–Crippen LogP) is 1.50. The van der Waals surface area contributed by atoms with Gasteiger partial charge >= 0.3 is 12.0 Å². The van der Waals surface area contributed by atoms with Crippen molar-refractivity contribution in [2.24, 2.45) is 11.7 Å². The largest absolute Gasteiger partial charge is 0.481 e. The van der Waals surface area contributed by atoms with E-state index >= 15 is 0 Å². The number of piperidine rings is 1. The van der Waals surface area contributed by atoms with Crippen LogP contribution in [0, 0.1) is 5.92 Å². The Bertz CT molecular complexity index is 602. The number of carbonyl (C=O) groups is 3. The van der Waals surface area contributed by atoms with Crippen LogP contribution in [0.1, 0.15) is 30.1 Å². The van der Waals surface area contributed by atoms with Crippen molar-refractivity contribution in [1.82, 2.24) is 4.90 Å². The number of benzene rings is 1. The first-order chi connectivity index (χ1) is 10.4. The van der Waals surface area contributed by atoms with Crippen LogP contribution in [0.15, 0.2) is 24.3 Å². The topological polar surface area (TPSA) is 113 Å². The van der Waals surface area contributed by atoms with Gasteiger partial charge in [0.05, 0.1) is 5.92 Å². The number of carboxylic acid groups (broad SMARTS) is 1. The second kappa shape index (κ2) is 6.46. The molecule has 0 aliphatic carbocycles. The Kier molecular flexibility index (Phi) is 4.65. The van der Waals surface area contributed by atoms with Crippen LogP contribution in [0.5, 0.6) is 0 Å². The highest BCUT2D eigenvalue weighted by atomic mass is 16.4. The predicted molar refractivity (Wildman–Crippen MR) is 80.5 cm³/mol. The number of aliphatic carboxylic acids is 1. The molecular formula is C15H19N3O4. The summed E-state index contributed by atoms with van der Waals surface area (Å²) in [6.45, 7) is 2.28. The summed E-state index contributed by atoms with van der Waals surface area (Å²) in [6, 6.07) is 5.35. The van der Waals surface area contributed by atoms with E-state index in [1.54, 1.807) is 30.0 Å². The molecule has 7 nitrogen and oxygen atoms in total. The molecule has 0 unspecified atom stereocenters. The Balaban J connectivity index is 2.20. The zero-order chi connectivity index (χ0) is 16.3. The molecule has 1 aromatic carbocycles. The third kappa shape index (κ3) is 3.36. The number of amides is 3. The number of nitrogens with zero attached hydrogens (tertiary/aromatic N) is 1. The molecule has 1 aromatic rings. The maximum atomic E-state index is 12.6. The first-order valence-electron chi connectivity index (χ1n) is 7.10. The molecule has 1 aliphatic heterocycles. The molecule has 0 spiro atoms. The molecule has 0 bridgehead atoms. The van der Waals surface area contributed by atoms with Crippen LogP contribution in [-0.4, -0.2) is 40.5 Å². The number of likely N-dealkylation sites (tertiary alicyclic amines) is 1. The molecule has 0 aromatic heterocycles. The summed E-state index contributed by atoms with van der Waals surface area (Å²) in [7, 11) is 0. The van der Waals surface area contributed by atoms with Crippen molar-refractivity contribution >= 4 is 23.6 Å². The van der Waals surface area contributed by atoms with E-state index in [9.17, 15) is 19.5 Å². The molecule has 1 saturated heterocycles. The van der Waals surface area contributed by atoms with Gasteiger partial charge in [-0.2, -0.15) is 0 Å². The minimum atomic E-state index is -0.880. The van der Waals surface area contributed by atoms with Gasteiger partial charge in [-0.3, -0.25) is 9.59 Å². The Morgan fingerprint density at radius 2 is 2.09 bits per heavy atom. The highest BCUT2D eigenvalue weighted by Gasteiger charge is 2.35. The number of carboxylic acids is 1. The number of urea groups is 1. The second-order valence-corrected chi connectivity index (χ2v) is 5.40. The van der Waals surface area contributed by atoms with Gasteiger partial charge in [0.25, 0.3) is 5.91 Å². The van der Waals surface area contributed by atoms with Crippen molar-refractivity contribution in [3.05, 3.63) is 29.8 Å². The summed E-state index contributed by atoms with van der Waals surface area (Å²) < 4.78 is 0. The lowest BCUT2D eigenvalue weighted by molar-refractivity contribution is -0.144. The third-order valence-corrected chi connectivity index (χ3v) is 3.94. The Hall–Kier alpha value is -2.57. The monoisotopic (exact) mass is 305 g/mol. The fourth-order valence-corrected chi connectivity index (χ4v) is 2.80. The molecule has 3 amide bonds. The van der Waals surface area contributed by atoms with Crippen LogP contribution in [0.2, 0.25) is 0 Å². The Morgan fingerprint density at radius 1 is 1.36 bits per heavy atom. The van der Waals surface area contributed by atoms with Crippen molar-refractivity contribution in [2.75, 3.05) is 11.9 Å². The molecule has 1 heterocycles. The van der Waals surface area contributed by atoms with Crippen LogP contribution >= 0.6 is 0 Å². The van der Waals surface area contributed by atoms with E-state index in [0.717, 1.165) is 0 Å². The van der Waals surface area contributed by atoms with E-state index in [-0.39, 0.29) is 11.9 Å². The van der Waals surface area contributed by atoms with Crippen LogP contribution in [0.3, 0.4) is 0 Å². The van der Waals surface area contributed by atoms with E-state index < -0.39 is 17.9 Å². The molecule has 1 aliphatic rings. The Labute approximate surface area is 128 Å². The highest BCUT2D eigenvalue weighted by molar-refractivity contribution is 5.97. The maximum absolute atomic E-state index is 12.6. The highest BCUT2D eigenvalue weighted by Crippen LogP contribution is 2.26. The van der Waals surface area contributed by atoms with E-state index in [2.05, 4.69) is 5.32 Å². The van der Waals surface area contributed by atoms with Crippen molar-refractivity contribution in [1.29, 1.82) is 0 Å². The van der Waals surface area contributed by atoms with Crippen LogP contribution < -0.4 is 11.1 Å². The number of carbonyl (C=O) groups excluding carboxylic acids is 2. The maximum Gasteiger partial charge on any atom is 0.316 e. The minimum absolute atomic E-state index is 0.244. The molecular weight excluding hydrogens is 286 g/mol. The van der Waals surface area contributed by atoms with Gasteiger partial charge in [0.15, 0.2) is 0 Å². The number of nitrogens with one attached hydrogen (secondary N) is 1. The number of primary amides is 1. The summed E-state index contributed by atoms with van der Waals surface area (Å²) in [6.07, 6.45) is 1.23. The van der Waals surface area contributed by atoms with Crippen LogP contribution in [0.25, 0.3) is 0 Å². The molecule has 1 fully saturated rings. The third-order valence-electron chi connectivity index (χ3n) is 3.94. The van der Waals surface area contributed by atoms with Gasteiger partial charge in [-0.05, 0) is 38.0 Å². The SMILES string of the molecule is C[C@@H]1[C@H](C(=O)O)CCCN1C(=O)c1cccc(NC(N)=O)c1. The smallest absolute Gasteiger partial charge is 0.316 e. The number of rotatable bonds is 3. The standard InChI is InChI=1S/C15H19N3O4/c1-9-12(14(20)21)6-3-7-18(9)13(19)10-4-2-5-11(8-10)17-15(16)22/h2,4-5,8-9,12H,3,6-7H2,1H3,(H,20,21)(H3,16,17,22)/t9-,12-/m1/s1. The van der Waals surface area contributed by atoms with Crippen molar-refractivity contribution in [3.63, 3.8) is 0 Å². The van der Waals surface area contributed by atoms with Crippen molar-refractivity contribution < 1.29 is 19.5 Å². The normalized spacial score (nSPS) is 21.2. The summed E-state index contributed by atoms with van der Waals surface area (Å²) in [5, 5.41) is 11.6. The summed E-state index contributed by atoms with van der Waals surface area (Å²) >= 11 is 0. The number of anilines is 1. The zero-order valence-electron chi connectivity index (χ0n) is 12.3. The fraction of sp³-hybridized carbons (Fsp3) is 0.400. The summed E-state index contributed by atoms with van der Waals surface area (Å²) in [5.41, 5.74) is 5.88. The molecule has 118 valence electrons. The van der Waals surface area contributed by atoms with Crippen LogP contribution in [-0.2, 0) is 4.79 Å². The average molecular weight is 305 g/mol. The lowest BCUT2D eigenvalue weighted by Gasteiger charge is -2.37. The molecule has 22 heavy (non-hydrogen) atoms.